The molecule has 0 radical (unpaired) electrons. The van der Waals surface area contributed by atoms with Gasteiger partial charge in [0.1, 0.15) is 5.75 Å². The van der Waals surface area contributed by atoms with E-state index in [1.165, 1.54) is 12.3 Å². The van der Waals surface area contributed by atoms with Gasteiger partial charge in [-0.2, -0.15) is 5.10 Å². The lowest BCUT2D eigenvalue weighted by Gasteiger charge is -2.05. The molecule has 0 spiro atoms. The number of hydrogen-bond acceptors (Lipinski definition) is 3. The van der Waals surface area contributed by atoms with Gasteiger partial charge in [-0.1, -0.05) is 23.2 Å². The first-order chi connectivity index (χ1) is 8.56. The summed E-state index contributed by atoms with van der Waals surface area (Å²) in [6, 6.07) is 3.49. The van der Waals surface area contributed by atoms with Gasteiger partial charge in [0.2, 0.25) is 0 Å². The highest BCUT2D eigenvalue weighted by atomic mass is 35.5. The number of nitrogens with zero attached hydrogens (tertiary/aromatic N) is 1. The summed E-state index contributed by atoms with van der Waals surface area (Å²) in [5, 5.41) is 17.7. The van der Waals surface area contributed by atoms with Gasteiger partial charge in [0.15, 0.2) is 5.11 Å². The van der Waals surface area contributed by atoms with Crippen LogP contribution < -0.4 is 10.7 Å². The van der Waals surface area contributed by atoms with Crippen LogP contribution in [0.4, 0.5) is 0 Å². The van der Waals surface area contributed by atoms with Crippen molar-refractivity contribution in [2.75, 3.05) is 0 Å². The van der Waals surface area contributed by atoms with E-state index in [-0.39, 0.29) is 10.8 Å². The molecule has 4 nitrogen and oxygen atoms in total. The molecule has 18 heavy (non-hydrogen) atoms. The van der Waals surface area contributed by atoms with Crippen molar-refractivity contribution >= 4 is 46.7 Å². The Hall–Kier alpha value is -1.04. The molecule has 2 rings (SSSR count). The van der Waals surface area contributed by atoms with E-state index in [4.69, 9.17) is 35.4 Å². The van der Waals surface area contributed by atoms with Gasteiger partial charge in [0.05, 0.1) is 11.2 Å². The quantitative estimate of drug-likeness (QED) is 0.456. The molecular weight excluding hydrogens is 293 g/mol. The molecule has 0 unspecified atom stereocenters. The van der Waals surface area contributed by atoms with Gasteiger partial charge in [-0.05, 0) is 37.2 Å². The minimum absolute atomic E-state index is 0.0623. The number of nitrogens with one attached hydrogen (secondary N) is 2. The van der Waals surface area contributed by atoms with Crippen LogP contribution >= 0.6 is 35.4 Å². The van der Waals surface area contributed by atoms with Crippen molar-refractivity contribution in [3.8, 4) is 5.75 Å². The number of hydrazone groups is 1. The van der Waals surface area contributed by atoms with Gasteiger partial charge in [-0.15, -0.1) is 0 Å². The van der Waals surface area contributed by atoms with Crippen molar-refractivity contribution < 1.29 is 5.11 Å². The Morgan fingerprint density at radius 2 is 2.17 bits per heavy atom. The number of rotatable bonds is 3. The zero-order chi connectivity index (χ0) is 13.1. The van der Waals surface area contributed by atoms with Crippen molar-refractivity contribution in [1.29, 1.82) is 0 Å². The van der Waals surface area contributed by atoms with Crippen molar-refractivity contribution in [2.45, 2.75) is 18.9 Å². The molecule has 3 N–H and O–H groups in total. The van der Waals surface area contributed by atoms with Crippen LogP contribution in [0.15, 0.2) is 17.2 Å². The first-order valence-corrected chi connectivity index (χ1v) is 6.50. The maximum atomic E-state index is 9.68. The summed E-state index contributed by atoms with van der Waals surface area (Å²) in [5.74, 6) is -0.0623. The van der Waals surface area contributed by atoms with Crippen LogP contribution in [0.5, 0.6) is 5.75 Å². The van der Waals surface area contributed by atoms with Crippen LogP contribution in [0.1, 0.15) is 18.4 Å². The van der Waals surface area contributed by atoms with E-state index in [1.54, 1.807) is 6.07 Å². The van der Waals surface area contributed by atoms with E-state index in [0.29, 0.717) is 21.7 Å². The van der Waals surface area contributed by atoms with Crippen LogP contribution in [0, 0.1) is 0 Å². The second-order valence-electron chi connectivity index (χ2n) is 3.94. The zero-order valence-electron chi connectivity index (χ0n) is 9.28. The van der Waals surface area contributed by atoms with Gasteiger partial charge in [-0.25, -0.2) is 0 Å². The Morgan fingerprint density at radius 3 is 2.83 bits per heavy atom. The van der Waals surface area contributed by atoms with E-state index in [0.717, 1.165) is 12.8 Å². The molecule has 0 saturated heterocycles. The molecule has 1 aliphatic rings. The Kier molecular flexibility index (Phi) is 4.27. The predicted molar refractivity (Wildman–Crippen MR) is 77.6 cm³/mol. The van der Waals surface area contributed by atoms with Crippen LogP contribution in [0.3, 0.4) is 0 Å². The number of hydrogen-bond donors (Lipinski definition) is 3. The molecule has 0 bridgehead atoms. The number of benzene rings is 1. The summed E-state index contributed by atoms with van der Waals surface area (Å²) in [6.07, 6.45) is 3.68. The van der Waals surface area contributed by atoms with E-state index >= 15 is 0 Å². The number of aromatic hydroxyl groups is 1. The lowest BCUT2D eigenvalue weighted by molar-refractivity contribution is 0.474. The van der Waals surface area contributed by atoms with Crippen molar-refractivity contribution in [1.82, 2.24) is 10.7 Å². The summed E-state index contributed by atoms with van der Waals surface area (Å²) in [5.41, 5.74) is 3.09. The molecule has 1 saturated carbocycles. The molecule has 0 amide bonds. The predicted octanol–water partition coefficient (Wildman–Crippen LogP) is 2.66. The molecule has 0 atom stereocenters. The Labute approximate surface area is 120 Å². The van der Waals surface area contributed by atoms with Gasteiger partial charge in [0, 0.05) is 16.6 Å². The third kappa shape index (κ3) is 3.73. The van der Waals surface area contributed by atoms with E-state index in [9.17, 15) is 5.11 Å². The van der Waals surface area contributed by atoms with Crippen molar-refractivity contribution in [3.63, 3.8) is 0 Å². The molecule has 1 aromatic carbocycles. The fourth-order valence-corrected chi connectivity index (χ4v) is 2.02. The minimum atomic E-state index is -0.0623. The van der Waals surface area contributed by atoms with Crippen LogP contribution in [-0.4, -0.2) is 22.5 Å². The van der Waals surface area contributed by atoms with Gasteiger partial charge < -0.3 is 10.4 Å². The normalized spacial score (nSPS) is 14.8. The summed E-state index contributed by atoms with van der Waals surface area (Å²) in [6.45, 7) is 0. The lowest BCUT2D eigenvalue weighted by atomic mass is 10.2. The highest BCUT2D eigenvalue weighted by Crippen LogP contribution is 2.29. The number of thiocarbonyl (C=S) groups is 1. The average molecular weight is 304 g/mol. The molecule has 0 aliphatic heterocycles. The second-order valence-corrected chi connectivity index (χ2v) is 5.20. The minimum Gasteiger partial charge on any atom is -0.506 e. The fraction of sp³-hybridized carbons (Fsp3) is 0.273. The maximum absolute atomic E-state index is 9.68. The molecule has 1 aliphatic carbocycles. The van der Waals surface area contributed by atoms with Gasteiger partial charge in [0.25, 0.3) is 0 Å². The third-order valence-electron chi connectivity index (χ3n) is 2.34. The third-order valence-corrected chi connectivity index (χ3v) is 3.06. The first-order valence-electron chi connectivity index (χ1n) is 5.34. The van der Waals surface area contributed by atoms with Gasteiger partial charge in [-0.3, -0.25) is 5.43 Å². The molecule has 96 valence electrons. The molecular formula is C11H11Cl2N3OS. The molecule has 0 heterocycles. The highest BCUT2D eigenvalue weighted by Gasteiger charge is 2.21. The van der Waals surface area contributed by atoms with Gasteiger partial charge >= 0.3 is 0 Å². The Balaban J connectivity index is 1.97. The Morgan fingerprint density at radius 1 is 1.44 bits per heavy atom. The molecule has 7 heteroatoms. The standard InChI is InChI=1S/C11H11Cl2N3OS/c12-7-3-6(10(17)9(13)4-7)5-14-16-11(18)15-8-1-2-8/h3-5,8,17H,1-2H2,(H2,15,16,18)/b14-5+. The maximum Gasteiger partial charge on any atom is 0.187 e. The van der Waals surface area contributed by atoms with E-state index < -0.39 is 0 Å². The fourth-order valence-electron chi connectivity index (χ4n) is 1.29. The average Bonchev–Trinajstić information content (AvgIpc) is 3.08. The largest absolute Gasteiger partial charge is 0.506 e. The number of halogens is 2. The van der Waals surface area contributed by atoms with Crippen LogP contribution in [0.25, 0.3) is 0 Å². The summed E-state index contributed by atoms with van der Waals surface area (Å²) in [4.78, 5) is 0. The smallest absolute Gasteiger partial charge is 0.187 e. The molecule has 1 fully saturated rings. The van der Waals surface area contributed by atoms with Crippen molar-refractivity contribution in [3.05, 3.63) is 27.7 Å². The first kappa shape index (κ1) is 13.4. The number of phenolic OH excluding ortho intramolecular Hbond substituents is 1. The van der Waals surface area contributed by atoms with Crippen LogP contribution in [-0.2, 0) is 0 Å². The molecule has 0 aromatic heterocycles. The highest BCUT2D eigenvalue weighted by molar-refractivity contribution is 7.80. The summed E-state index contributed by atoms with van der Waals surface area (Å²) < 4.78 is 0. The lowest BCUT2D eigenvalue weighted by Crippen LogP contribution is -2.33. The summed E-state index contributed by atoms with van der Waals surface area (Å²) in [7, 11) is 0. The SMILES string of the molecule is Oc1c(Cl)cc(Cl)cc1/C=N/NC(=S)NC1CC1. The number of phenols is 1. The van der Waals surface area contributed by atoms with Crippen LogP contribution in [0.2, 0.25) is 10.0 Å². The second kappa shape index (κ2) is 5.73. The topological polar surface area (TPSA) is 56.7 Å². The molecule has 1 aromatic rings. The van der Waals surface area contributed by atoms with Crippen molar-refractivity contribution in [2.24, 2.45) is 5.10 Å². The zero-order valence-corrected chi connectivity index (χ0v) is 11.6. The monoisotopic (exact) mass is 303 g/mol. The van der Waals surface area contributed by atoms with E-state index in [2.05, 4.69) is 15.8 Å². The summed E-state index contributed by atoms with van der Waals surface area (Å²) >= 11 is 16.6. The van der Waals surface area contributed by atoms with E-state index in [1.807, 2.05) is 0 Å². The Bertz CT molecular complexity index is 503.